The number of carbonyl (C=O) groups excluding carboxylic acids is 2. The van der Waals surface area contributed by atoms with Crippen LogP contribution in [0.4, 0.5) is 10.5 Å². The molecular weight excluding hydrogens is 276 g/mol. The van der Waals surface area contributed by atoms with Gasteiger partial charge >= 0.3 is 6.03 Å². The molecule has 2 amide bonds. The summed E-state index contributed by atoms with van der Waals surface area (Å²) in [5.74, 6) is 0.0980. The number of carbonyl (C=O) groups is 2. The molecule has 114 valence electrons. The van der Waals surface area contributed by atoms with E-state index in [9.17, 15) is 9.59 Å². The van der Waals surface area contributed by atoms with Crippen molar-refractivity contribution in [2.45, 2.75) is 27.7 Å². The second-order valence-corrected chi connectivity index (χ2v) is 5.74. The fourth-order valence-corrected chi connectivity index (χ4v) is 2.15. The molecule has 0 aromatic heterocycles. The van der Waals surface area contributed by atoms with Gasteiger partial charge in [-0.3, -0.25) is 4.79 Å². The summed E-state index contributed by atoms with van der Waals surface area (Å²) in [5, 5.41) is 2.73. The molecule has 0 bridgehead atoms. The van der Waals surface area contributed by atoms with Crippen LogP contribution in [0.25, 0.3) is 0 Å². The van der Waals surface area contributed by atoms with Crippen LogP contribution in [0, 0.1) is 12.8 Å². The predicted molar refractivity (Wildman–Crippen MR) is 89.3 cm³/mol. The van der Waals surface area contributed by atoms with Crippen LogP contribution in [0.15, 0.2) is 52.6 Å². The molecule has 22 heavy (non-hydrogen) atoms. The average Bonchev–Trinajstić information content (AvgIpc) is 2.44. The number of rotatable bonds is 2. The fourth-order valence-electron chi connectivity index (χ4n) is 2.15. The molecule has 4 nitrogen and oxygen atoms in total. The molecule has 0 aliphatic heterocycles. The van der Waals surface area contributed by atoms with Gasteiger partial charge in [-0.25, -0.2) is 4.79 Å². The summed E-state index contributed by atoms with van der Waals surface area (Å²) < 4.78 is 0. The van der Waals surface area contributed by atoms with Gasteiger partial charge in [0.2, 0.25) is 0 Å². The van der Waals surface area contributed by atoms with Gasteiger partial charge in [-0.15, -0.1) is 0 Å². The van der Waals surface area contributed by atoms with Gasteiger partial charge in [-0.2, -0.15) is 4.99 Å². The minimum absolute atomic E-state index is 0.0263. The number of aliphatic imine (C=N–C) groups is 1. The smallest absolute Gasteiger partial charge is 0.306 e. The molecule has 0 unspecified atom stereocenters. The summed E-state index contributed by atoms with van der Waals surface area (Å²) in [5.41, 5.74) is 3.75. The lowest BCUT2D eigenvalue weighted by Gasteiger charge is -2.16. The maximum Gasteiger partial charge on any atom is 0.345 e. The number of urea groups is 1. The number of aryl methyl sites for hydroxylation is 1. The van der Waals surface area contributed by atoms with Gasteiger partial charge in [0.15, 0.2) is 5.78 Å². The van der Waals surface area contributed by atoms with Crippen molar-refractivity contribution in [3.05, 3.63) is 53.1 Å². The van der Waals surface area contributed by atoms with Crippen LogP contribution in [-0.4, -0.2) is 17.5 Å². The summed E-state index contributed by atoms with van der Waals surface area (Å²) in [6.45, 7) is 7.66. The first-order valence-electron chi connectivity index (χ1n) is 7.27. The van der Waals surface area contributed by atoms with Crippen molar-refractivity contribution in [1.29, 1.82) is 0 Å². The minimum atomic E-state index is -0.441. The zero-order valence-electron chi connectivity index (χ0n) is 13.3. The number of nitrogens with one attached hydrogen (secondary N) is 1. The molecule has 2 rings (SSSR count). The van der Waals surface area contributed by atoms with Crippen LogP contribution in [0.2, 0.25) is 0 Å². The van der Waals surface area contributed by atoms with E-state index in [4.69, 9.17) is 0 Å². The van der Waals surface area contributed by atoms with E-state index in [1.807, 2.05) is 45.0 Å². The van der Waals surface area contributed by atoms with Crippen molar-refractivity contribution in [1.82, 2.24) is 0 Å². The molecule has 0 saturated carbocycles. The summed E-state index contributed by atoms with van der Waals surface area (Å²) in [7, 11) is 0. The Bertz CT molecular complexity index is 692. The maximum atomic E-state index is 12.1. The van der Waals surface area contributed by atoms with Gasteiger partial charge in [0.05, 0.1) is 5.71 Å². The minimum Gasteiger partial charge on any atom is -0.306 e. The molecular formula is C18H20N2O2. The summed E-state index contributed by atoms with van der Waals surface area (Å²) >= 11 is 0. The van der Waals surface area contributed by atoms with Gasteiger partial charge in [-0.05, 0) is 55.2 Å². The molecule has 1 aromatic carbocycles. The van der Waals surface area contributed by atoms with E-state index in [0.29, 0.717) is 17.0 Å². The Morgan fingerprint density at radius 2 is 1.73 bits per heavy atom. The quantitative estimate of drug-likeness (QED) is 0.836. The van der Waals surface area contributed by atoms with Crippen LogP contribution < -0.4 is 5.32 Å². The molecule has 0 radical (unpaired) electrons. The van der Waals surface area contributed by atoms with Crippen LogP contribution in [0.3, 0.4) is 0 Å². The summed E-state index contributed by atoms with van der Waals surface area (Å²) in [6.07, 6.45) is 3.24. The van der Waals surface area contributed by atoms with Gasteiger partial charge in [0.1, 0.15) is 0 Å². The first kappa shape index (κ1) is 15.9. The van der Waals surface area contributed by atoms with Crippen LogP contribution in [0.1, 0.15) is 26.3 Å². The fraction of sp³-hybridized carbons (Fsp3) is 0.278. The largest absolute Gasteiger partial charge is 0.345 e. The molecule has 0 atom stereocenters. The van der Waals surface area contributed by atoms with Gasteiger partial charge in [0.25, 0.3) is 0 Å². The topological polar surface area (TPSA) is 58.5 Å². The Morgan fingerprint density at radius 3 is 2.32 bits per heavy atom. The second kappa shape index (κ2) is 6.52. The highest BCUT2D eigenvalue weighted by molar-refractivity contribution is 6.24. The number of hydrogen-bond acceptors (Lipinski definition) is 2. The van der Waals surface area contributed by atoms with Gasteiger partial charge < -0.3 is 5.32 Å². The van der Waals surface area contributed by atoms with E-state index >= 15 is 0 Å². The molecule has 1 N–H and O–H groups in total. The van der Waals surface area contributed by atoms with Crippen molar-refractivity contribution in [2.75, 3.05) is 5.32 Å². The number of ketones is 1. The molecule has 0 fully saturated rings. The zero-order valence-corrected chi connectivity index (χ0v) is 13.3. The van der Waals surface area contributed by atoms with E-state index < -0.39 is 6.03 Å². The Morgan fingerprint density at radius 1 is 1.09 bits per heavy atom. The van der Waals surface area contributed by atoms with Crippen molar-refractivity contribution in [2.24, 2.45) is 10.9 Å². The third-order valence-electron chi connectivity index (χ3n) is 3.47. The Balaban J connectivity index is 2.22. The first-order chi connectivity index (χ1) is 10.4. The van der Waals surface area contributed by atoms with Crippen molar-refractivity contribution < 1.29 is 9.59 Å². The maximum absolute atomic E-state index is 12.1. The van der Waals surface area contributed by atoms with Crippen molar-refractivity contribution >= 4 is 23.2 Å². The van der Waals surface area contributed by atoms with E-state index in [-0.39, 0.29) is 11.7 Å². The zero-order chi connectivity index (χ0) is 16.3. The van der Waals surface area contributed by atoms with Crippen molar-refractivity contribution in [3.63, 3.8) is 0 Å². The highest BCUT2D eigenvalue weighted by Crippen LogP contribution is 2.20. The van der Waals surface area contributed by atoms with Gasteiger partial charge in [-0.1, -0.05) is 31.5 Å². The van der Waals surface area contributed by atoms with E-state index in [1.165, 1.54) is 0 Å². The molecule has 0 heterocycles. The van der Waals surface area contributed by atoms with E-state index in [1.54, 1.807) is 19.1 Å². The molecule has 0 spiro atoms. The van der Waals surface area contributed by atoms with Crippen LogP contribution in [-0.2, 0) is 4.79 Å². The predicted octanol–water partition coefficient (Wildman–Crippen LogP) is 4.08. The van der Waals surface area contributed by atoms with Crippen LogP contribution in [0.5, 0.6) is 0 Å². The lowest BCUT2D eigenvalue weighted by molar-refractivity contribution is -0.111. The highest BCUT2D eigenvalue weighted by Gasteiger charge is 2.19. The first-order valence-corrected chi connectivity index (χ1v) is 7.27. The molecule has 4 heteroatoms. The molecule has 1 aliphatic carbocycles. The highest BCUT2D eigenvalue weighted by atomic mass is 16.2. The number of allylic oxidation sites excluding steroid dienone is 4. The second-order valence-electron chi connectivity index (χ2n) is 5.74. The number of benzene rings is 1. The third kappa shape index (κ3) is 3.79. The molecule has 0 saturated heterocycles. The average molecular weight is 296 g/mol. The van der Waals surface area contributed by atoms with E-state index in [0.717, 1.165) is 11.1 Å². The SMILES string of the molecule is CC1=CC(=NC(=O)Nc2ccc(C)cc2)C(C(C)C)=CC1=O. The lowest BCUT2D eigenvalue weighted by atomic mass is 9.90. The normalized spacial score (nSPS) is 16.6. The lowest BCUT2D eigenvalue weighted by Crippen LogP contribution is -2.18. The van der Waals surface area contributed by atoms with E-state index in [2.05, 4.69) is 10.3 Å². The van der Waals surface area contributed by atoms with Crippen molar-refractivity contribution in [3.8, 4) is 0 Å². The monoisotopic (exact) mass is 296 g/mol. The van der Waals surface area contributed by atoms with Crippen LogP contribution >= 0.6 is 0 Å². The number of nitrogens with zero attached hydrogens (tertiary/aromatic N) is 1. The summed E-state index contributed by atoms with van der Waals surface area (Å²) in [6, 6.07) is 7.07. The molecule has 1 aliphatic rings. The number of amides is 2. The third-order valence-corrected chi connectivity index (χ3v) is 3.47. The number of anilines is 1. The standard InChI is InChI=1S/C18H20N2O2/c1-11(2)15-10-17(21)13(4)9-16(15)20-18(22)19-14-7-5-12(3)6-8-14/h5-11H,1-4H3,(H,19,22). The van der Waals surface area contributed by atoms with Gasteiger partial charge in [0, 0.05) is 5.69 Å². The Kier molecular flexibility index (Phi) is 4.71. The summed E-state index contributed by atoms with van der Waals surface area (Å²) in [4.78, 5) is 28.0. The Labute approximate surface area is 130 Å². The number of hydrogen-bond donors (Lipinski definition) is 1. The molecule has 1 aromatic rings. The Hall–Kier alpha value is -2.49.